The van der Waals surface area contributed by atoms with Gasteiger partial charge in [0.1, 0.15) is 5.78 Å². The molecular formula is C24H36F6O3. The molecule has 0 aromatic heterocycles. The Morgan fingerprint density at radius 1 is 1.00 bits per heavy atom. The molecule has 192 valence electrons. The maximum atomic E-state index is 13.1. The van der Waals surface area contributed by atoms with Gasteiger partial charge in [-0.25, -0.2) is 0 Å². The molecule has 33 heavy (non-hydrogen) atoms. The first kappa shape index (κ1) is 28.1. The second kappa shape index (κ2) is 9.17. The van der Waals surface area contributed by atoms with Crippen molar-refractivity contribution in [2.75, 3.05) is 0 Å². The second-order valence-corrected chi connectivity index (χ2v) is 11.2. The van der Waals surface area contributed by atoms with Crippen molar-refractivity contribution in [1.29, 1.82) is 0 Å². The third kappa shape index (κ3) is 5.77. The Balaban J connectivity index is 2.36. The molecule has 0 heterocycles. The number of Topliss-reactive ketones (excluding diaryl/α,β-unsaturated/α-hetero) is 1. The number of carbonyl (C=O) groups is 1. The molecule has 2 fully saturated rings. The van der Waals surface area contributed by atoms with Gasteiger partial charge in [0.25, 0.3) is 5.60 Å². The Kier molecular flexibility index (Phi) is 7.82. The van der Waals surface area contributed by atoms with E-state index in [0.29, 0.717) is 38.5 Å². The van der Waals surface area contributed by atoms with E-state index in [4.69, 9.17) is 0 Å². The van der Waals surface area contributed by atoms with Crippen LogP contribution in [-0.2, 0) is 4.79 Å². The van der Waals surface area contributed by atoms with Gasteiger partial charge in [0.2, 0.25) is 0 Å². The number of alkyl halides is 6. The molecule has 0 saturated heterocycles. The highest BCUT2D eigenvalue weighted by Crippen LogP contribution is 2.61. The monoisotopic (exact) mass is 486 g/mol. The van der Waals surface area contributed by atoms with Gasteiger partial charge >= 0.3 is 12.4 Å². The number of ketones is 1. The number of allylic oxidation sites excluding steroid dienone is 1. The first-order valence-electron chi connectivity index (χ1n) is 11.6. The van der Waals surface area contributed by atoms with Crippen molar-refractivity contribution in [3.8, 4) is 0 Å². The molecule has 3 nitrogen and oxygen atoms in total. The van der Waals surface area contributed by atoms with Crippen LogP contribution in [0.15, 0.2) is 12.2 Å². The van der Waals surface area contributed by atoms with Crippen LogP contribution < -0.4 is 0 Å². The topological polar surface area (TPSA) is 57.5 Å². The number of hydrogen-bond acceptors (Lipinski definition) is 3. The molecule has 0 bridgehead atoms. The summed E-state index contributed by atoms with van der Waals surface area (Å²) in [5.74, 6) is -0.0316. The molecule has 1 unspecified atom stereocenters. The molecule has 0 spiro atoms. The lowest BCUT2D eigenvalue weighted by molar-refractivity contribution is -0.347. The minimum Gasteiger partial charge on any atom is -0.390 e. The normalized spacial score (nSPS) is 29.4. The van der Waals surface area contributed by atoms with Gasteiger partial charge in [-0.3, -0.25) is 4.79 Å². The molecule has 2 N–H and O–H groups in total. The van der Waals surface area contributed by atoms with Gasteiger partial charge in [-0.15, -0.1) is 0 Å². The van der Waals surface area contributed by atoms with Crippen LogP contribution >= 0.6 is 0 Å². The third-order valence-corrected chi connectivity index (χ3v) is 8.05. The summed E-state index contributed by atoms with van der Waals surface area (Å²) in [4.78, 5) is 12.5. The number of hydrogen-bond donors (Lipinski definition) is 2. The minimum absolute atomic E-state index is 0.0735. The molecule has 2 rings (SSSR count). The summed E-state index contributed by atoms with van der Waals surface area (Å²) in [6.45, 7) is 7.15. The maximum absolute atomic E-state index is 13.1. The van der Waals surface area contributed by atoms with Crippen LogP contribution in [0.2, 0.25) is 0 Å². The largest absolute Gasteiger partial charge is 0.429 e. The van der Waals surface area contributed by atoms with Crippen LogP contribution in [0.5, 0.6) is 0 Å². The van der Waals surface area contributed by atoms with Crippen LogP contribution in [0.1, 0.15) is 85.5 Å². The first-order valence-corrected chi connectivity index (χ1v) is 11.6. The Labute approximate surface area is 191 Å². The van der Waals surface area contributed by atoms with Crippen LogP contribution in [0.25, 0.3) is 0 Å². The number of carbonyl (C=O) groups excluding carboxylic acids is 1. The van der Waals surface area contributed by atoms with Crippen LogP contribution in [0, 0.1) is 22.7 Å². The Morgan fingerprint density at radius 3 is 2.09 bits per heavy atom. The van der Waals surface area contributed by atoms with Gasteiger partial charge in [0.15, 0.2) is 0 Å². The molecule has 0 aromatic carbocycles. The molecule has 0 radical (unpaired) electrons. The fourth-order valence-corrected chi connectivity index (χ4v) is 6.27. The SMILES string of the molecule is CC(C)(O)CCC[C@](C)(C/C=C\C(O)(C(F)(F)F)C(F)(F)F)[C@H]1CCC2C(=O)CCC[C@@]21C. The molecule has 9 heteroatoms. The van der Waals surface area contributed by atoms with E-state index < -0.39 is 29.0 Å². The summed E-state index contributed by atoms with van der Waals surface area (Å²) >= 11 is 0. The molecule has 0 aromatic rings. The number of halogens is 6. The smallest absolute Gasteiger partial charge is 0.390 e. The lowest BCUT2D eigenvalue weighted by atomic mass is 9.56. The summed E-state index contributed by atoms with van der Waals surface area (Å²) in [5, 5.41) is 19.6. The van der Waals surface area contributed by atoms with Crippen LogP contribution in [0.4, 0.5) is 26.3 Å². The molecule has 2 aliphatic carbocycles. The Morgan fingerprint density at radius 2 is 1.58 bits per heavy atom. The molecule has 0 amide bonds. The zero-order valence-electron chi connectivity index (χ0n) is 19.7. The number of fused-ring (bicyclic) bond motifs is 1. The molecule has 2 saturated carbocycles. The van der Waals surface area contributed by atoms with E-state index in [1.54, 1.807) is 13.8 Å². The first-order chi connectivity index (χ1) is 14.8. The van der Waals surface area contributed by atoms with Gasteiger partial charge < -0.3 is 10.2 Å². The van der Waals surface area contributed by atoms with Gasteiger partial charge in [0, 0.05) is 12.3 Å². The van der Waals surface area contributed by atoms with Gasteiger partial charge in [-0.1, -0.05) is 26.3 Å². The number of aliphatic hydroxyl groups is 2. The van der Waals surface area contributed by atoms with E-state index in [-0.39, 0.29) is 35.5 Å². The fourth-order valence-electron chi connectivity index (χ4n) is 6.27. The summed E-state index contributed by atoms with van der Waals surface area (Å²) in [5.41, 5.74) is -6.93. The Hall–Kier alpha value is -1.09. The number of rotatable bonds is 8. The van der Waals surface area contributed by atoms with E-state index >= 15 is 0 Å². The van der Waals surface area contributed by atoms with Gasteiger partial charge in [-0.2, -0.15) is 26.3 Å². The van der Waals surface area contributed by atoms with Crippen molar-refractivity contribution in [2.24, 2.45) is 22.7 Å². The summed E-state index contributed by atoms with van der Waals surface area (Å²) < 4.78 is 78.6. The maximum Gasteiger partial charge on any atom is 0.429 e. The highest BCUT2D eigenvalue weighted by Gasteiger charge is 2.69. The highest BCUT2D eigenvalue weighted by atomic mass is 19.4. The standard InChI is InChI=1S/C24H36F6O3/c1-19(2,32)11-6-12-20(3,13-7-15-22(33,23(25,26)27)24(28,29)30)18-10-9-16-17(31)8-5-14-21(16,18)4/h7,15-16,18,32-33H,5-6,8-14H2,1-4H3/b15-7-/t16?,18-,20-,21+/m1/s1. The molecule has 4 atom stereocenters. The van der Waals surface area contributed by atoms with E-state index in [9.17, 15) is 41.4 Å². The Bertz CT molecular complexity index is 722. The second-order valence-electron chi connectivity index (χ2n) is 11.2. The highest BCUT2D eigenvalue weighted by molar-refractivity contribution is 5.83. The van der Waals surface area contributed by atoms with Crippen molar-refractivity contribution in [3.63, 3.8) is 0 Å². The summed E-state index contributed by atoms with van der Waals surface area (Å²) in [7, 11) is 0. The van der Waals surface area contributed by atoms with Crippen molar-refractivity contribution in [2.45, 2.75) is 109 Å². The van der Waals surface area contributed by atoms with E-state index in [1.807, 2.05) is 13.8 Å². The van der Waals surface area contributed by atoms with Crippen molar-refractivity contribution < 1.29 is 41.4 Å². The van der Waals surface area contributed by atoms with Crippen LogP contribution in [0.3, 0.4) is 0 Å². The van der Waals surface area contributed by atoms with E-state index in [1.165, 1.54) is 0 Å². The quantitative estimate of drug-likeness (QED) is 0.303. The fraction of sp³-hybridized carbons (Fsp3) is 0.875. The van der Waals surface area contributed by atoms with Crippen molar-refractivity contribution in [3.05, 3.63) is 12.2 Å². The summed E-state index contributed by atoms with van der Waals surface area (Å²) in [6.07, 6.45) is -6.52. The zero-order chi connectivity index (χ0) is 25.5. The lowest BCUT2D eigenvalue weighted by Gasteiger charge is -2.48. The van der Waals surface area contributed by atoms with Crippen molar-refractivity contribution >= 4 is 5.78 Å². The van der Waals surface area contributed by atoms with E-state index in [0.717, 1.165) is 18.9 Å². The molecule has 2 aliphatic rings. The van der Waals surface area contributed by atoms with E-state index in [2.05, 4.69) is 0 Å². The predicted octanol–water partition coefficient (Wildman–Crippen LogP) is 6.52. The molecule has 0 aliphatic heterocycles. The van der Waals surface area contributed by atoms with Crippen molar-refractivity contribution in [1.82, 2.24) is 0 Å². The lowest BCUT2D eigenvalue weighted by Crippen LogP contribution is -2.55. The zero-order valence-corrected chi connectivity index (χ0v) is 19.7. The van der Waals surface area contributed by atoms with Gasteiger partial charge in [0.05, 0.1) is 5.60 Å². The average molecular weight is 487 g/mol. The third-order valence-electron chi connectivity index (χ3n) is 8.05. The average Bonchev–Trinajstić information content (AvgIpc) is 2.97. The van der Waals surface area contributed by atoms with Gasteiger partial charge in [-0.05, 0) is 81.6 Å². The minimum atomic E-state index is -5.90. The van der Waals surface area contributed by atoms with Crippen LogP contribution in [-0.4, -0.2) is 39.6 Å². The molecular weight excluding hydrogens is 450 g/mol. The summed E-state index contributed by atoms with van der Waals surface area (Å²) in [6, 6.07) is 0. The predicted molar refractivity (Wildman–Crippen MR) is 112 cm³/mol.